The average Bonchev–Trinajstić information content (AvgIpc) is 2.90. The molecule has 172 valence electrons. The molecular weight excluding hydrogens is 479 g/mol. The first kappa shape index (κ1) is 25.8. The summed E-state index contributed by atoms with van der Waals surface area (Å²) in [4.78, 5) is 25.9. The molecule has 0 amide bonds. The first-order valence-corrected chi connectivity index (χ1v) is 14.0. The highest BCUT2D eigenvalue weighted by Gasteiger charge is 2.14. The monoisotopic (exact) mass is 504 g/mol. The number of carbonyl (C=O) groups is 2. The Morgan fingerprint density at radius 2 is 0.912 bits per heavy atom. The number of hydrogen-bond acceptors (Lipinski definition) is 5. The van der Waals surface area contributed by atoms with Crippen molar-refractivity contribution in [3.8, 4) is 0 Å². The van der Waals surface area contributed by atoms with Gasteiger partial charge in [-0.2, -0.15) is 0 Å². The Balaban J connectivity index is 0.000000212. The van der Waals surface area contributed by atoms with Crippen LogP contribution >= 0.6 is 32.1 Å². The SMILES string of the molecule is CSc1ccc(C(=O)OC(=O)c2ccc(SC)cc2)cc1.c1ccc(Pc2ccccc2)cc1. The fourth-order valence-electron chi connectivity index (χ4n) is 2.87. The fraction of sp³-hybridized carbons (Fsp3) is 0.0714. The fourth-order valence-corrected chi connectivity index (χ4v) is 4.73. The smallest absolute Gasteiger partial charge is 0.346 e. The summed E-state index contributed by atoms with van der Waals surface area (Å²) >= 11 is 3.16. The van der Waals surface area contributed by atoms with Crippen molar-refractivity contribution in [2.45, 2.75) is 9.79 Å². The first-order valence-electron chi connectivity index (χ1n) is 10.5. The summed E-state index contributed by atoms with van der Waals surface area (Å²) in [5.41, 5.74) is 0.726. The Labute approximate surface area is 211 Å². The van der Waals surface area contributed by atoms with Gasteiger partial charge in [-0.3, -0.25) is 0 Å². The van der Waals surface area contributed by atoms with Gasteiger partial charge in [0.15, 0.2) is 0 Å². The number of rotatable bonds is 6. The van der Waals surface area contributed by atoms with Crippen molar-refractivity contribution in [2.24, 2.45) is 0 Å². The summed E-state index contributed by atoms with van der Waals surface area (Å²) in [7, 11) is 0.777. The van der Waals surface area contributed by atoms with Crippen LogP contribution in [-0.2, 0) is 4.74 Å². The highest BCUT2D eigenvalue weighted by atomic mass is 32.2. The van der Waals surface area contributed by atoms with Crippen LogP contribution in [0.25, 0.3) is 0 Å². The lowest BCUT2D eigenvalue weighted by atomic mass is 10.2. The van der Waals surface area contributed by atoms with Crippen molar-refractivity contribution in [1.82, 2.24) is 0 Å². The van der Waals surface area contributed by atoms with Crippen molar-refractivity contribution >= 4 is 54.7 Å². The van der Waals surface area contributed by atoms with Gasteiger partial charge in [-0.25, -0.2) is 9.59 Å². The molecule has 4 aromatic carbocycles. The summed E-state index contributed by atoms with van der Waals surface area (Å²) in [5.74, 6) is -1.27. The van der Waals surface area contributed by atoms with Gasteiger partial charge in [-0.15, -0.1) is 23.5 Å². The van der Waals surface area contributed by atoms with Crippen LogP contribution in [0.4, 0.5) is 0 Å². The van der Waals surface area contributed by atoms with E-state index in [1.54, 1.807) is 47.8 Å². The number of ether oxygens (including phenoxy) is 1. The summed E-state index contributed by atoms with van der Waals surface area (Å²) in [6.45, 7) is 0. The van der Waals surface area contributed by atoms with E-state index in [0.717, 1.165) is 18.4 Å². The van der Waals surface area contributed by atoms with Crippen LogP contribution in [0, 0.1) is 0 Å². The van der Waals surface area contributed by atoms with Gasteiger partial charge in [-0.1, -0.05) is 69.2 Å². The Morgan fingerprint density at radius 3 is 1.24 bits per heavy atom. The number of benzene rings is 4. The highest BCUT2D eigenvalue weighted by molar-refractivity contribution is 7.98. The molecule has 0 aliphatic carbocycles. The highest BCUT2D eigenvalue weighted by Crippen LogP contribution is 2.17. The van der Waals surface area contributed by atoms with Crippen LogP contribution < -0.4 is 10.6 Å². The third-order valence-electron chi connectivity index (χ3n) is 4.67. The maximum atomic E-state index is 11.9. The van der Waals surface area contributed by atoms with E-state index in [1.807, 2.05) is 36.8 Å². The number of hydrogen-bond donors (Lipinski definition) is 0. The third kappa shape index (κ3) is 8.18. The minimum atomic E-state index is -0.637. The summed E-state index contributed by atoms with van der Waals surface area (Å²) in [5, 5.41) is 2.79. The van der Waals surface area contributed by atoms with E-state index >= 15 is 0 Å². The second-order valence-electron chi connectivity index (χ2n) is 6.99. The molecule has 34 heavy (non-hydrogen) atoms. The molecule has 0 atom stereocenters. The molecule has 0 bridgehead atoms. The molecule has 0 saturated heterocycles. The Hall–Kier alpha value is -2.85. The number of carbonyl (C=O) groups excluding carboxylic acids is 2. The van der Waals surface area contributed by atoms with E-state index < -0.39 is 11.9 Å². The molecule has 4 rings (SSSR count). The summed E-state index contributed by atoms with van der Waals surface area (Å²) < 4.78 is 4.88. The van der Waals surface area contributed by atoms with Gasteiger partial charge in [0.2, 0.25) is 0 Å². The van der Waals surface area contributed by atoms with Gasteiger partial charge in [0.05, 0.1) is 11.1 Å². The normalized spacial score (nSPS) is 10.1. The maximum Gasteiger partial charge on any atom is 0.346 e. The lowest BCUT2D eigenvalue weighted by molar-refractivity contribution is 0.0397. The van der Waals surface area contributed by atoms with Crippen LogP contribution in [0.15, 0.2) is 119 Å². The molecule has 3 nitrogen and oxygen atoms in total. The molecule has 0 radical (unpaired) electrons. The molecule has 0 aliphatic heterocycles. The zero-order chi connectivity index (χ0) is 24.2. The molecule has 0 fully saturated rings. The van der Waals surface area contributed by atoms with Crippen molar-refractivity contribution in [1.29, 1.82) is 0 Å². The van der Waals surface area contributed by atoms with Crippen LogP contribution in [0.5, 0.6) is 0 Å². The molecule has 0 heterocycles. The minimum absolute atomic E-state index is 0.363. The summed E-state index contributed by atoms with van der Waals surface area (Å²) in [6, 6.07) is 35.0. The second-order valence-corrected chi connectivity index (χ2v) is 10.2. The molecule has 4 aromatic rings. The second kappa shape index (κ2) is 13.8. The van der Waals surface area contributed by atoms with E-state index in [2.05, 4.69) is 60.7 Å². The predicted octanol–water partition coefficient (Wildman–Crippen LogP) is 6.44. The summed E-state index contributed by atoms with van der Waals surface area (Å²) in [6.07, 6.45) is 3.91. The lowest BCUT2D eigenvalue weighted by Crippen LogP contribution is -2.12. The minimum Gasteiger partial charge on any atom is -0.386 e. The molecule has 0 unspecified atom stereocenters. The molecule has 0 spiro atoms. The van der Waals surface area contributed by atoms with E-state index in [1.165, 1.54) is 10.6 Å². The van der Waals surface area contributed by atoms with E-state index in [9.17, 15) is 9.59 Å². The quantitative estimate of drug-likeness (QED) is 0.131. The maximum absolute atomic E-state index is 11.9. The van der Waals surface area contributed by atoms with Crippen LogP contribution in [-0.4, -0.2) is 24.5 Å². The third-order valence-corrected chi connectivity index (χ3v) is 7.40. The van der Waals surface area contributed by atoms with Crippen LogP contribution in [0.3, 0.4) is 0 Å². The number of thioether (sulfide) groups is 2. The molecule has 0 aromatic heterocycles. The van der Waals surface area contributed by atoms with Gasteiger partial charge in [0.1, 0.15) is 0 Å². The number of esters is 2. The van der Waals surface area contributed by atoms with Crippen molar-refractivity contribution in [3.05, 3.63) is 120 Å². The van der Waals surface area contributed by atoms with E-state index in [-0.39, 0.29) is 0 Å². The molecular formula is C28H25O3PS2. The standard InChI is InChI=1S/C16H14O3S2.C12H11P/c1-20-13-7-3-11(4-8-13)15(17)19-16(18)12-5-9-14(21-2)10-6-12;1-3-7-11(8-4-1)13-12-9-5-2-6-10-12/h3-10H,1-2H3;1-10,13H. The van der Waals surface area contributed by atoms with Crippen molar-refractivity contribution < 1.29 is 14.3 Å². The van der Waals surface area contributed by atoms with Gasteiger partial charge < -0.3 is 4.74 Å². The van der Waals surface area contributed by atoms with Gasteiger partial charge >= 0.3 is 11.9 Å². The van der Waals surface area contributed by atoms with E-state index in [0.29, 0.717) is 11.1 Å². The largest absolute Gasteiger partial charge is 0.386 e. The Morgan fingerprint density at radius 1 is 0.559 bits per heavy atom. The molecule has 6 heteroatoms. The van der Waals surface area contributed by atoms with Crippen molar-refractivity contribution in [3.63, 3.8) is 0 Å². The van der Waals surface area contributed by atoms with Crippen LogP contribution in [0.1, 0.15) is 20.7 Å². The zero-order valence-electron chi connectivity index (χ0n) is 18.9. The topological polar surface area (TPSA) is 43.4 Å². The Kier molecular flexibility index (Phi) is 10.4. The van der Waals surface area contributed by atoms with E-state index in [4.69, 9.17) is 4.74 Å². The molecule has 0 aliphatic rings. The van der Waals surface area contributed by atoms with Gasteiger partial charge in [0.25, 0.3) is 0 Å². The zero-order valence-corrected chi connectivity index (χ0v) is 21.6. The first-order chi connectivity index (χ1) is 16.6. The molecule has 0 saturated carbocycles. The lowest BCUT2D eigenvalue weighted by Gasteiger charge is -2.04. The van der Waals surface area contributed by atoms with Gasteiger partial charge in [-0.05, 0) is 71.7 Å². The van der Waals surface area contributed by atoms with Crippen molar-refractivity contribution in [2.75, 3.05) is 12.5 Å². The molecule has 0 N–H and O–H groups in total. The van der Waals surface area contributed by atoms with Crippen LogP contribution in [0.2, 0.25) is 0 Å². The van der Waals surface area contributed by atoms with Gasteiger partial charge in [0, 0.05) is 9.79 Å². The average molecular weight is 505 g/mol. The predicted molar refractivity (Wildman–Crippen MR) is 147 cm³/mol. The Bertz CT molecular complexity index is 1090.